The predicted octanol–water partition coefficient (Wildman–Crippen LogP) is 2.45. The molecule has 0 spiro atoms. The van der Waals surface area contributed by atoms with Crippen LogP contribution < -0.4 is 4.74 Å². The van der Waals surface area contributed by atoms with E-state index in [9.17, 15) is 0 Å². The molecule has 14 heavy (non-hydrogen) atoms. The third-order valence-electron chi connectivity index (χ3n) is 1.78. The summed E-state index contributed by atoms with van der Waals surface area (Å²) in [5.41, 5.74) is 1.32. The quantitative estimate of drug-likeness (QED) is 0.344. The molecule has 3 heteroatoms. The fourth-order valence-electron chi connectivity index (χ4n) is 1.09. The van der Waals surface area contributed by atoms with Gasteiger partial charge in [0.25, 0.3) is 0 Å². The van der Waals surface area contributed by atoms with Crippen molar-refractivity contribution in [2.24, 2.45) is 5.16 Å². The van der Waals surface area contributed by atoms with Crippen LogP contribution >= 0.6 is 0 Å². The summed E-state index contributed by atoms with van der Waals surface area (Å²) in [6.07, 6.45) is 1.67. The van der Waals surface area contributed by atoms with Crippen molar-refractivity contribution in [2.75, 3.05) is 6.61 Å². The molecule has 0 saturated carbocycles. The van der Waals surface area contributed by atoms with Gasteiger partial charge in [-0.05, 0) is 19.1 Å². The standard InChI is InChI=1S/C11H13NO2/c1-3-8-14-11-7-5-4-6-10(11)9(2)12-13/h3-7,13H,1,8H2,2H3. The predicted molar refractivity (Wildman–Crippen MR) is 56.1 cm³/mol. The molecule has 0 aromatic heterocycles. The Hall–Kier alpha value is -1.77. The van der Waals surface area contributed by atoms with Gasteiger partial charge in [0, 0.05) is 5.56 Å². The topological polar surface area (TPSA) is 41.8 Å². The minimum Gasteiger partial charge on any atom is -0.489 e. The molecular formula is C11H13NO2. The number of benzene rings is 1. The van der Waals surface area contributed by atoms with E-state index < -0.39 is 0 Å². The molecule has 1 rings (SSSR count). The maximum atomic E-state index is 8.65. The minimum absolute atomic E-state index is 0.440. The second-order valence-electron chi connectivity index (χ2n) is 2.78. The Morgan fingerprint density at radius 1 is 1.57 bits per heavy atom. The summed E-state index contributed by atoms with van der Waals surface area (Å²) in [6, 6.07) is 7.40. The second-order valence-corrected chi connectivity index (χ2v) is 2.78. The Morgan fingerprint density at radius 3 is 2.93 bits per heavy atom. The van der Waals surface area contributed by atoms with Crippen molar-refractivity contribution in [1.82, 2.24) is 0 Å². The molecule has 74 valence electrons. The number of para-hydroxylation sites is 1. The number of hydrogen-bond acceptors (Lipinski definition) is 3. The Bertz CT molecular complexity index is 345. The van der Waals surface area contributed by atoms with Crippen LogP contribution in [0.15, 0.2) is 42.1 Å². The summed E-state index contributed by atoms with van der Waals surface area (Å²) in [7, 11) is 0. The van der Waals surface area contributed by atoms with E-state index in [-0.39, 0.29) is 0 Å². The first-order valence-corrected chi connectivity index (χ1v) is 4.31. The van der Waals surface area contributed by atoms with E-state index in [0.717, 1.165) is 5.56 Å². The van der Waals surface area contributed by atoms with Gasteiger partial charge >= 0.3 is 0 Å². The highest BCUT2D eigenvalue weighted by Crippen LogP contribution is 2.18. The van der Waals surface area contributed by atoms with Gasteiger partial charge in [-0.15, -0.1) is 0 Å². The third kappa shape index (κ3) is 2.36. The maximum absolute atomic E-state index is 8.65. The molecule has 0 atom stereocenters. The molecule has 0 amide bonds. The number of hydrogen-bond donors (Lipinski definition) is 1. The number of rotatable bonds is 4. The summed E-state index contributed by atoms with van der Waals surface area (Å²) >= 11 is 0. The Labute approximate surface area is 83.3 Å². The highest BCUT2D eigenvalue weighted by Gasteiger charge is 2.05. The third-order valence-corrected chi connectivity index (χ3v) is 1.78. The number of ether oxygens (including phenoxy) is 1. The normalized spacial score (nSPS) is 11.1. The van der Waals surface area contributed by atoms with Gasteiger partial charge in [-0.2, -0.15) is 0 Å². The molecular weight excluding hydrogens is 178 g/mol. The summed E-state index contributed by atoms with van der Waals surface area (Å²) in [4.78, 5) is 0. The lowest BCUT2D eigenvalue weighted by Crippen LogP contribution is -2.01. The van der Waals surface area contributed by atoms with E-state index >= 15 is 0 Å². The zero-order valence-electron chi connectivity index (χ0n) is 8.10. The van der Waals surface area contributed by atoms with Crippen molar-refractivity contribution in [3.8, 4) is 5.75 Å². The SMILES string of the molecule is C=CCOc1ccccc1C(C)=NO. The largest absolute Gasteiger partial charge is 0.489 e. The van der Waals surface area contributed by atoms with Crippen LogP contribution in [0.25, 0.3) is 0 Å². The molecule has 3 nitrogen and oxygen atoms in total. The molecule has 0 radical (unpaired) electrons. The molecule has 1 N–H and O–H groups in total. The van der Waals surface area contributed by atoms with E-state index in [4.69, 9.17) is 9.94 Å². The lowest BCUT2D eigenvalue weighted by molar-refractivity contribution is 0.318. The second kappa shape index (κ2) is 5.07. The van der Waals surface area contributed by atoms with Crippen LogP contribution in [0.2, 0.25) is 0 Å². The van der Waals surface area contributed by atoms with E-state index in [1.54, 1.807) is 13.0 Å². The highest BCUT2D eigenvalue weighted by atomic mass is 16.5. The molecule has 0 aliphatic rings. The molecule has 0 heterocycles. The molecule has 0 aliphatic carbocycles. The number of nitrogens with zero attached hydrogens (tertiary/aromatic N) is 1. The first-order valence-electron chi connectivity index (χ1n) is 4.31. The number of oxime groups is 1. The summed E-state index contributed by atoms with van der Waals surface area (Å²) < 4.78 is 5.40. The van der Waals surface area contributed by atoms with Crippen molar-refractivity contribution in [3.05, 3.63) is 42.5 Å². The Kier molecular flexibility index (Phi) is 3.73. The monoisotopic (exact) mass is 191 g/mol. The fraction of sp³-hybridized carbons (Fsp3) is 0.182. The summed E-state index contributed by atoms with van der Waals surface area (Å²) in [6.45, 7) is 5.72. The summed E-state index contributed by atoms with van der Waals surface area (Å²) in [5, 5.41) is 11.8. The maximum Gasteiger partial charge on any atom is 0.128 e. The first-order chi connectivity index (χ1) is 6.79. The van der Waals surface area contributed by atoms with Crippen LogP contribution in [0.3, 0.4) is 0 Å². The fourth-order valence-corrected chi connectivity index (χ4v) is 1.09. The van der Waals surface area contributed by atoms with Crippen LogP contribution in [-0.2, 0) is 0 Å². The van der Waals surface area contributed by atoms with Crippen molar-refractivity contribution < 1.29 is 9.94 Å². The molecule has 0 aliphatic heterocycles. The van der Waals surface area contributed by atoms with Crippen LogP contribution in [0.5, 0.6) is 5.75 Å². The zero-order chi connectivity index (χ0) is 10.4. The highest BCUT2D eigenvalue weighted by molar-refractivity contribution is 6.00. The smallest absolute Gasteiger partial charge is 0.128 e. The average Bonchev–Trinajstić information content (AvgIpc) is 2.25. The van der Waals surface area contributed by atoms with Gasteiger partial charge in [0.05, 0.1) is 5.71 Å². The van der Waals surface area contributed by atoms with Gasteiger partial charge in [-0.25, -0.2) is 0 Å². The van der Waals surface area contributed by atoms with Crippen molar-refractivity contribution >= 4 is 5.71 Å². The molecule has 1 aromatic rings. The van der Waals surface area contributed by atoms with Gasteiger partial charge in [-0.3, -0.25) is 0 Å². The molecule has 0 saturated heterocycles. The summed E-state index contributed by atoms with van der Waals surface area (Å²) in [5.74, 6) is 0.697. The van der Waals surface area contributed by atoms with Crippen LogP contribution in [-0.4, -0.2) is 17.5 Å². The average molecular weight is 191 g/mol. The van der Waals surface area contributed by atoms with E-state index in [2.05, 4.69) is 11.7 Å². The molecule has 1 aromatic carbocycles. The molecule has 0 fully saturated rings. The van der Waals surface area contributed by atoms with Gasteiger partial charge < -0.3 is 9.94 Å². The van der Waals surface area contributed by atoms with E-state index in [1.807, 2.05) is 24.3 Å². The van der Waals surface area contributed by atoms with Crippen molar-refractivity contribution in [3.63, 3.8) is 0 Å². The Balaban J connectivity index is 2.96. The Morgan fingerprint density at radius 2 is 2.29 bits per heavy atom. The van der Waals surface area contributed by atoms with Gasteiger partial charge in [0.15, 0.2) is 0 Å². The first kappa shape index (κ1) is 10.3. The minimum atomic E-state index is 0.440. The van der Waals surface area contributed by atoms with Gasteiger partial charge in [0.1, 0.15) is 12.4 Å². The van der Waals surface area contributed by atoms with Gasteiger partial charge in [0.2, 0.25) is 0 Å². The van der Waals surface area contributed by atoms with Crippen molar-refractivity contribution in [1.29, 1.82) is 0 Å². The molecule has 0 unspecified atom stereocenters. The van der Waals surface area contributed by atoms with Crippen LogP contribution in [0.4, 0.5) is 0 Å². The lowest BCUT2D eigenvalue weighted by Gasteiger charge is -2.08. The van der Waals surface area contributed by atoms with Crippen molar-refractivity contribution in [2.45, 2.75) is 6.92 Å². The van der Waals surface area contributed by atoms with Gasteiger partial charge in [-0.1, -0.05) is 29.9 Å². The molecule has 0 bridgehead atoms. The van der Waals surface area contributed by atoms with Crippen LogP contribution in [0, 0.1) is 0 Å². The van der Waals surface area contributed by atoms with Crippen LogP contribution in [0.1, 0.15) is 12.5 Å². The van der Waals surface area contributed by atoms with E-state index in [1.165, 1.54) is 0 Å². The zero-order valence-corrected chi connectivity index (χ0v) is 8.10. The lowest BCUT2D eigenvalue weighted by atomic mass is 10.1. The van der Waals surface area contributed by atoms with E-state index in [0.29, 0.717) is 18.1 Å².